The lowest BCUT2D eigenvalue weighted by atomic mass is 10.2. The predicted molar refractivity (Wildman–Crippen MR) is 48.3 cm³/mol. The summed E-state index contributed by atoms with van der Waals surface area (Å²) in [6, 6.07) is 5.56. The summed E-state index contributed by atoms with van der Waals surface area (Å²) < 4.78 is 13.0. The maximum absolute atomic E-state index is 8.75. The number of hydrogen-bond donors (Lipinski definition) is 0. The maximum atomic E-state index is 8.75. The maximum Gasteiger partial charge on any atom is 0.269 e. The molecule has 0 heterocycles. The molecule has 0 radical (unpaired) electrons. The second-order valence-electron chi connectivity index (χ2n) is 2.05. The Hall–Kier alpha value is -0.270. The first-order chi connectivity index (χ1) is 5.75. The molecule has 1 aromatic rings. The van der Waals surface area contributed by atoms with Gasteiger partial charge in [-0.25, -0.2) is 0 Å². The van der Waals surface area contributed by atoms with Crippen LogP contribution in [0.2, 0.25) is 10.0 Å². The SMILES string of the molecule is CCc1c(Cl)cccc1Cl.[2H]F. The quantitative estimate of drug-likeness (QED) is 0.642. The third-order valence-corrected chi connectivity index (χ3v) is 2.12. The average Bonchev–Trinajstić information content (AvgIpc) is 2.08. The minimum Gasteiger partial charge on any atom is -0.269 e. The van der Waals surface area contributed by atoms with Crippen LogP contribution >= 0.6 is 23.2 Å². The fourth-order valence-corrected chi connectivity index (χ4v) is 1.53. The molecular weight excluding hydrogens is 186 g/mol. The number of rotatable bonds is 1. The first-order valence-electron chi connectivity index (χ1n) is 3.56. The minimum atomic E-state index is 0.759. The Balaban J connectivity index is 0.000000561. The van der Waals surface area contributed by atoms with Crippen molar-refractivity contribution in [1.82, 2.24) is 0 Å². The van der Waals surface area contributed by atoms with E-state index in [1.807, 2.05) is 25.1 Å². The zero-order valence-electron chi connectivity index (χ0n) is 7.07. The highest BCUT2D eigenvalue weighted by molar-refractivity contribution is 6.35. The first-order valence-corrected chi connectivity index (χ1v) is 3.94. The van der Waals surface area contributed by atoms with Crippen LogP contribution in [0.5, 0.6) is 0 Å². The molecule has 0 saturated heterocycles. The zero-order chi connectivity index (χ0) is 9.56. The van der Waals surface area contributed by atoms with Gasteiger partial charge in [-0.1, -0.05) is 36.2 Å². The highest BCUT2D eigenvalue weighted by Crippen LogP contribution is 2.23. The van der Waals surface area contributed by atoms with E-state index in [0.717, 1.165) is 22.0 Å². The Kier molecular flexibility index (Phi) is 3.67. The summed E-state index contributed by atoms with van der Waals surface area (Å²) in [5, 5.41) is 1.52. The summed E-state index contributed by atoms with van der Waals surface area (Å²) in [6.45, 7) is 2.03. The van der Waals surface area contributed by atoms with Gasteiger partial charge in [0.1, 0.15) is 0 Å². The third kappa shape index (κ3) is 2.35. The summed E-state index contributed by atoms with van der Waals surface area (Å²) in [5.74, 6) is 0. The van der Waals surface area contributed by atoms with E-state index in [0.29, 0.717) is 0 Å². The van der Waals surface area contributed by atoms with E-state index in [1.165, 1.54) is 0 Å². The third-order valence-electron chi connectivity index (χ3n) is 1.42. The van der Waals surface area contributed by atoms with Gasteiger partial charge in [-0.15, -0.1) is 0 Å². The molecule has 3 heteroatoms. The molecule has 11 heavy (non-hydrogen) atoms. The molecule has 0 aliphatic carbocycles. The molecule has 0 N–H and O–H groups in total. The minimum absolute atomic E-state index is 0.759. The molecule has 0 amide bonds. The molecule has 0 nitrogen and oxygen atoms in total. The van der Waals surface area contributed by atoms with E-state index >= 15 is 0 Å². The van der Waals surface area contributed by atoms with E-state index in [1.54, 1.807) is 0 Å². The van der Waals surface area contributed by atoms with Crippen molar-refractivity contribution in [3.63, 3.8) is 0 Å². The zero-order valence-corrected chi connectivity index (χ0v) is 7.58. The van der Waals surface area contributed by atoms with Gasteiger partial charge in [-0.3, -0.25) is 4.72 Å². The first kappa shape index (κ1) is 8.82. The Bertz CT molecular complexity index is 220. The predicted octanol–water partition coefficient (Wildman–Crippen LogP) is 3.71. The Morgan fingerprint density at radius 3 is 2.09 bits per heavy atom. The van der Waals surface area contributed by atoms with Crippen LogP contribution in [0, 0.1) is 0 Å². The molecule has 0 bridgehead atoms. The van der Waals surface area contributed by atoms with E-state index < -0.39 is 0 Å². The molecule has 0 aliphatic rings. The average molecular weight is 196 g/mol. The van der Waals surface area contributed by atoms with Crippen LogP contribution in [0.4, 0.5) is 4.72 Å². The Morgan fingerprint density at radius 2 is 1.82 bits per heavy atom. The molecule has 0 unspecified atom stereocenters. The molecule has 0 atom stereocenters. The van der Waals surface area contributed by atoms with Gasteiger partial charge < -0.3 is 0 Å². The van der Waals surface area contributed by atoms with Crippen molar-refractivity contribution in [1.29, 1.82) is 1.45 Å². The highest BCUT2D eigenvalue weighted by atomic mass is 35.5. The molecule has 0 spiro atoms. The van der Waals surface area contributed by atoms with Crippen molar-refractivity contribution in [3.8, 4) is 0 Å². The van der Waals surface area contributed by atoms with Crippen molar-refractivity contribution < 1.29 is 4.72 Å². The lowest BCUT2D eigenvalue weighted by Gasteiger charge is -2.01. The van der Waals surface area contributed by atoms with Gasteiger partial charge in [-0.05, 0) is 24.1 Å². The summed E-state index contributed by atoms with van der Waals surface area (Å²) >= 11 is 11.7. The summed E-state index contributed by atoms with van der Waals surface area (Å²) in [7, 11) is 0. The molecule has 62 valence electrons. The summed E-state index contributed by atoms with van der Waals surface area (Å²) in [4.78, 5) is 0. The van der Waals surface area contributed by atoms with E-state index in [4.69, 9.17) is 27.9 Å². The molecule has 0 saturated carbocycles. The Morgan fingerprint density at radius 1 is 1.36 bits per heavy atom. The molecule has 0 fully saturated rings. The topological polar surface area (TPSA) is 0 Å². The van der Waals surface area contributed by atoms with Crippen molar-refractivity contribution in [3.05, 3.63) is 33.8 Å². The lowest BCUT2D eigenvalue weighted by Crippen LogP contribution is -1.82. The smallest absolute Gasteiger partial charge is 0.269 e. The van der Waals surface area contributed by atoms with Gasteiger partial charge in [0.05, 0.1) is 0 Å². The van der Waals surface area contributed by atoms with Crippen molar-refractivity contribution >= 4 is 23.2 Å². The second kappa shape index (κ2) is 4.58. The number of hydrogen-bond acceptors (Lipinski definition) is 0. The molecule has 1 rings (SSSR count). The van der Waals surface area contributed by atoms with E-state index in [-0.39, 0.29) is 0 Å². The van der Waals surface area contributed by atoms with Crippen LogP contribution < -0.4 is 0 Å². The molecule has 1 aromatic carbocycles. The van der Waals surface area contributed by atoms with Gasteiger partial charge in [-0.2, -0.15) is 0 Å². The number of benzene rings is 1. The van der Waals surface area contributed by atoms with E-state index in [9.17, 15) is 0 Å². The fourth-order valence-electron chi connectivity index (χ4n) is 0.870. The summed E-state index contributed by atoms with van der Waals surface area (Å²) in [6.07, 6.45) is 0.887. The van der Waals surface area contributed by atoms with E-state index in [2.05, 4.69) is 1.45 Å². The van der Waals surface area contributed by atoms with Crippen LogP contribution in [0.3, 0.4) is 0 Å². The van der Waals surface area contributed by atoms with Gasteiger partial charge in [0, 0.05) is 10.0 Å². The van der Waals surface area contributed by atoms with Crippen molar-refractivity contribution in [2.45, 2.75) is 13.3 Å². The van der Waals surface area contributed by atoms with Gasteiger partial charge >= 0.3 is 0 Å². The van der Waals surface area contributed by atoms with Gasteiger partial charge in [0.15, 0.2) is 0 Å². The Labute approximate surface area is 77.0 Å². The van der Waals surface area contributed by atoms with Crippen LogP contribution in [-0.4, -0.2) is 1.45 Å². The molecular formula is C8H9Cl2F. The van der Waals surface area contributed by atoms with Crippen molar-refractivity contribution in [2.24, 2.45) is 0 Å². The van der Waals surface area contributed by atoms with Crippen LogP contribution in [0.1, 0.15) is 12.5 Å². The highest BCUT2D eigenvalue weighted by Gasteiger charge is 2.00. The number of halogens is 3. The van der Waals surface area contributed by atoms with Gasteiger partial charge in [0.2, 0.25) is 0 Å². The van der Waals surface area contributed by atoms with Gasteiger partial charge in [0.25, 0.3) is 1.45 Å². The van der Waals surface area contributed by atoms with Crippen molar-refractivity contribution in [2.75, 3.05) is 0 Å². The lowest BCUT2D eigenvalue weighted by molar-refractivity contribution is 1.11. The fraction of sp³-hybridized carbons (Fsp3) is 0.250. The second-order valence-corrected chi connectivity index (χ2v) is 2.87. The normalized spacial score (nSPS) is 9.64. The summed E-state index contributed by atoms with van der Waals surface area (Å²) in [5.41, 5.74) is 1.03. The van der Waals surface area contributed by atoms with Crippen LogP contribution in [0.15, 0.2) is 18.2 Å². The van der Waals surface area contributed by atoms with Crippen LogP contribution in [-0.2, 0) is 6.42 Å². The largest absolute Gasteiger partial charge is 0.269 e. The standard InChI is InChI=1S/C8H8Cl2.FH/c1-2-6-7(9)4-3-5-8(6)10;/h3-5H,2H2,1H3;1H/i/hD. The monoisotopic (exact) mass is 195 g/mol. The van der Waals surface area contributed by atoms with Crippen LogP contribution in [0.25, 0.3) is 0 Å². The molecule has 0 aliphatic heterocycles. The molecule has 0 aromatic heterocycles.